The summed E-state index contributed by atoms with van der Waals surface area (Å²) in [6, 6.07) is 10.8. The van der Waals surface area contributed by atoms with Gasteiger partial charge in [0.1, 0.15) is 0 Å². The summed E-state index contributed by atoms with van der Waals surface area (Å²) < 4.78 is 38.6. The van der Waals surface area contributed by atoms with E-state index in [9.17, 15) is 57.5 Å². The first-order valence-corrected chi connectivity index (χ1v) is 43.8. The van der Waals surface area contributed by atoms with Gasteiger partial charge in [-0.1, -0.05) is 154 Å². The third kappa shape index (κ3) is 48.0. The smallest absolute Gasteiger partial charge is 0.306 e. The van der Waals surface area contributed by atoms with Crippen LogP contribution in [0.15, 0.2) is 36.4 Å². The molecule has 0 aliphatic heterocycles. The molecule has 0 unspecified atom stereocenters. The number of benzene rings is 3. The van der Waals surface area contributed by atoms with Gasteiger partial charge in [0.2, 0.25) is 0 Å². The number of carbonyl (C=O) groups excluding carboxylic acids is 12. The number of carbonyl (C=O) groups is 12. The Morgan fingerprint density at radius 3 is 0.475 bits per heavy atom. The number of hydrogen-bond acceptors (Lipinski definition) is 24. The third-order valence-electron chi connectivity index (χ3n) is 21.7. The molecule has 4 N–H and O–H groups in total. The molecule has 0 bridgehead atoms. The lowest BCUT2D eigenvalue weighted by atomic mass is 9.94. The molecule has 3 aromatic rings. The normalized spacial score (nSPS) is 11.3. The van der Waals surface area contributed by atoms with Gasteiger partial charge in [0, 0.05) is 78.5 Å². The Labute approximate surface area is 703 Å². The number of fused-ring (bicyclic) bond motifs is 2. The highest BCUT2D eigenvalue weighted by Gasteiger charge is 2.24. The van der Waals surface area contributed by atoms with Crippen molar-refractivity contribution in [3.63, 3.8) is 0 Å². The predicted molar refractivity (Wildman–Crippen MR) is 457 cm³/mol. The maximum absolute atomic E-state index is 14.4. The molecule has 0 aliphatic carbocycles. The molecular weight excluding hydrogens is 1510 g/mol. The molecule has 0 heterocycles. The van der Waals surface area contributed by atoms with Crippen LogP contribution in [0.5, 0.6) is 0 Å². The number of methoxy groups -OCH3 is 8. The number of ether oxygens (including phenoxy) is 8. The van der Waals surface area contributed by atoms with E-state index >= 15 is 0 Å². The van der Waals surface area contributed by atoms with Gasteiger partial charge < -0.3 is 78.8 Å². The molecule has 666 valence electrons. The van der Waals surface area contributed by atoms with Crippen LogP contribution in [0.25, 0.3) is 21.5 Å². The van der Waals surface area contributed by atoms with Gasteiger partial charge in [-0.15, -0.1) is 0 Å². The van der Waals surface area contributed by atoms with E-state index in [0.717, 1.165) is 232 Å². The van der Waals surface area contributed by atoms with E-state index in [1.165, 1.54) is 56.9 Å². The van der Waals surface area contributed by atoms with Crippen LogP contribution >= 0.6 is 0 Å². The van der Waals surface area contributed by atoms with E-state index in [4.69, 9.17) is 37.9 Å². The largest absolute Gasteiger partial charge is 0.469 e. The van der Waals surface area contributed by atoms with E-state index in [0.29, 0.717) is 100 Å². The number of unbranched alkanes of at least 4 members (excludes halogenated alkanes) is 28. The van der Waals surface area contributed by atoms with Crippen LogP contribution in [0, 0.1) is 0 Å². The Balaban J connectivity index is 1.79. The Morgan fingerprint density at radius 1 is 0.195 bits per heavy atom. The van der Waals surface area contributed by atoms with Crippen LogP contribution in [0.1, 0.15) is 298 Å². The number of nitrogens with one attached hydrogen (secondary N) is 4. The highest BCUT2D eigenvalue weighted by Crippen LogP contribution is 2.30. The quantitative estimate of drug-likeness (QED) is 0.0176. The monoisotopic (exact) mass is 1660 g/mol. The summed E-state index contributed by atoms with van der Waals surface area (Å²) in [6.45, 7) is 8.84. The summed E-state index contributed by atoms with van der Waals surface area (Å²) in [7, 11) is 11.0. The van der Waals surface area contributed by atoms with Crippen molar-refractivity contribution in [2.75, 3.05) is 162 Å². The third-order valence-corrected chi connectivity index (χ3v) is 21.7. The second-order valence-corrected chi connectivity index (χ2v) is 30.7. The van der Waals surface area contributed by atoms with Crippen LogP contribution in [0.2, 0.25) is 0 Å². The number of amides is 4. The lowest BCUT2D eigenvalue weighted by Crippen LogP contribution is -2.30. The standard InChI is InChI=1S/C90H146N8O20/c1-111-79(99)41-57-95(58-42-80(100)112-2)53-37-29-21-13-9-17-25-33-49-91-87(107)75-67-71-65-73-69-77(89(109)93-51-35-27-19-11-15-23-31-39-55-97(61-45-83(103)115-5)62-46-84(104)116-6)78(90(110)94-52-36-28-20-12-16-24-32-40-56-98(63-47-85(105)117-7)64-48-86(106)118-8)70-74(73)66-72(71)68-76(75)88(108)92-50-34-26-18-10-14-22-30-38-54-96(59-43-81(101)113-3)60-44-82(102)114-4/h65-70H,9-64H2,1-8H3,(H,91,107)(H,92,108)(H,93,109)(H,94,110). The second-order valence-electron chi connectivity index (χ2n) is 30.7. The van der Waals surface area contributed by atoms with Gasteiger partial charge in [-0.2, -0.15) is 0 Å². The van der Waals surface area contributed by atoms with Gasteiger partial charge in [-0.05, 0) is 135 Å². The summed E-state index contributed by atoms with van der Waals surface area (Å²) in [5.41, 5.74) is 0.923. The van der Waals surface area contributed by atoms with Crippen molar-refractivity contribution in [1.82, 2.24) is 40.9 Å². The minimum atomic E-state index is -0.372. The van der Waals surface area contributed by atoms with E-state index in [-0.39, 0.29) is 145 Å². The molecule has 0 aromatic heterocycles. The van der Waals surface area contributed by atoms with Gasteiger partial charge in [0.15, 0.2) is 0 Å². The molecule has 3 aromatic carbocycles. The maximum atomic E-state index is 14.4. The summed E-state index contributed by atoms with van der Waals surface area (Å²) in [4.78, 5) is 161. The van der Waals surface area contributed by atoms with Crippen LogP contribution in [-0.2, 0) is 76.3 Å². The Morgan fingerprint density at radius 2 is 0.331 bits per heavy atom. The lowest BCUT2D eigenvalue weighted by Gasteiger charge is -2.21. The Kier molecular flexibility index (Phi) is 58.5. The highest BCUT2D eigenvalue weighted by atomic mass is 16.5. The molecule has 0 saturated carbocycles. The summed E-state index contributed by atoms with van der Waals surface area (Å²) in [6.07, 6.45) is 33.0. The zero-order valence-electron chi connectivity index (χ0n) is 73.0. The fourth-order valence-corrected chi connectivity index (χ4v) is 14.3. The van der Waals surface area contributed by atoms with Crippen LogP contribution in [0.4, 0.5) is 0 Å². The average molecular weight is 1660 g/mol. The van der Waals surface area contributed by atoms with Crippen LogP contribution in [-0.4, -0.2) is 253 Å². The summed E-state index contributed by atoms with van der Waals surface area (Å²) in [5.74, 6) is -3.79. The number of esters is 8. The van der Waals surface area contributed by atoms with Crippen molar-refractivity contribution >= 4 is 92.9 Å². The zero-order chi connectivity index (χ0) is 86.2. The van der Waals surface area contributed by atoms with E-state index in [2.05, 4.69) is 40.9 Å². The average Bonchev–Trinajstić information content (AvgIpc) is 0.760. The maximum Gasteiger partial charge on any atom is 0.306 e. The van der Waals surface area contributed by atoms with E-state index in [1.54, 1.807) is 24.3 Å². The van der Waals surface area contributed by atoms with Crippen molar-refractivity contribution < 1.29 is 95.4 Å². The first-order chi connectivity index (χ1) is 57.2. The fourth-order valence-electron chi connectivity index (χ4n) is 14.3. The molecule has 0 aliphatic rings. The minimum absolute atomic E-state index is 0.231. The van der Waals surface area contributed by atoms with E-state index < -0.39 is 0 Å². The first-order valence-electron chi connectivity index (χ1n) is 43.8. The number of hydrogen-bond donors (Lipinski definition) is 4. The van der Waals surface area contributed by atoms with Crippen molar-refractivity contribution in [1.29, 1.82) is 0 Å². The van der Waals surface area contributed by atoms with E-state index in [1.807, 2.05) is 12.1 Å². The highest BCUT2D eigenvalue weighted by molar-refractivity contribution is 6.15. The van der Waals surface area contributed by atoms with Crippen LogP contribution in [0.3, 0.4) is 0 Å². The minimum Gasteiger partial charge on any atom is -0.469 e. The van der Waals surface area contributed by atoms with Crippen molar-refractivity contribution in [3.05, 3.63) is 58.7 Å². The molecule has 0 atom stereocenters. The topological polar surface area (TPSA) is 340 Å². The molecule has 4 amide bonds. The molecule has 0 spiro atoms. The first kappa shape index (κ1) is 104. The van der Waals surface area contributed by atoms with Gasteiger partial charge >= 0.3 is 47.8 Å². The van der Waals surface area contributed by atoms with Crippen LogP contribution < -0.4 is 21.3 Å². The van der Waals surface area contributed by atoms with Gasteiger partial charge in [-0.25, -0.2) is 0 Å². The van der Waals surface area contributed by atoms with Gasteiger partial charge in [-0.3, -0.25) is 57.5 Å². The Bertz CT molecular complexity index is 2910. The lowest BCUT2D eigenvalue weighted by molar-refractivity contribution is -0.142. The molecular formula is C90H146N8O20. The molecule has 28 nitrogen and oxygen atoms in total. The van der Waals surface area contributed by atoms with Crippen molar-refractivity contribution in [3.8, 4) is 0 Å². The molecule has 3 rings (SSSR count). The SMILES string of the molecule is COC(=O)CCN(CCCCCCCCCCNC(=O)c1cc2cc3cc(C(=O)NCCCCCCCCCCN(CCC(=O)OC)CCC(=O)OC)c(C(=O)NCCCCCCCCCCN(CCC(=O)OC)CCC(=O)OC)cc3cc2cc1C(=O)NCCCCCCCCCCN(CCC(=O)OC)CCC(=O)OC)CCC(=O)OC. The number of nitrogens with zero attached hydrogens (tertiary/aromatic N) is 4. The Hall–Kier alpha value is -8.34. The molecule has 28 heteroatoms. The molecule has 0 fully saturated rings. The van der Waals surface area contributed by atoms with Gasteiger partial charge in [0.25, 0.3) is 23.6 Å². The predicted octanol–water partition coefficient (Wildman–Crippen LogP) is 13.1. The van der Waals surface area contributed by atoms with Crippen molar-refractivity contribution in [2.45, 2.75) is 257 Å². The summed E-state index contributed by atoms with van der Waals surface area (Å²) >= 11 is 0. The second kappa shape index (κ2) is 66.5. The number of rotatable bonds is 72. The molecule has 118 heavy (non-hydrogen) atoms. The molecule has 0 radical (unpaired) electrons. The summed E-state index contributed by atoms with van der Waals surface area (Å²) in [5, 5.41) is 15.2. The molecule has 0 saturated heterocycles. The van der Waals surface area contributed by atoms with Gasteiger partial charge in [0.05, 0.1) is 130 Å². The van der Waals surface area contributed by atoms with Crippen molar-refractivity contribution in [2.24, 2.45) is 0 Å². The zero-order valence-corrected chi connectivity index (χ0v) is 73.0. The fraction of sp³-hybridized carbons (Fsp3) is 0.711.